The normalized spacial score (nSPS) is 11.1. The molecule has 3 heterocycles. The third-order valence-corrected chi connectivity index (χ3v) is 6.06. The molecule has 0 saturated heterocycles. The summed E-state index contributed by atoms with van der Waals surface area (Å²) in [6.07, 6.45) is 3.49. The summed E-state index contributed by atoms with van der Waals surface area (Å²) in [7, 11) is 0. The monoisotopic (exact) mass is 451 g/mol. The summed E-state index contributed by atoms with van der Waals surface area (Å²) >= 11 is 2.69. The highest BCUT2D eigenvalue weighted by atomic mass is 32.2. The number of benzene rings is 1. The Morgan fingerprint density at radius 2 is 1.87 bits per heavy atom. The zero-order valence-corrected chi connectivity index (χ0v) is 18.7. The Balaban J connectivity index is 1.42. The average Bonchev–Trinajstić information content (AvgIpc) is 3.40. The molecular formula is C21H21N7OS2. The lowest BCUT2D eigenvalue weighted by molar-refractivity contribution is -0.113. The van der Waals surface area contributed by atoms with E-state index >= 15 is 0 Å². The van der Waals surface area contributed by atoms with Crippen molar-refractivity contribution in [2.45, 2.75) is 25.5 Å². The molecule has 1 aromatic carbocycles. The van der Waals surface area contributed by atoms with Crippen LogP contribution in [0.3, 0.4) is 0 Å². The van der Waals surface area contributed by atoms with Crippen molar-refractivity contribution in [3.8, 4) is 22.0 Å². The Kier molecular flexibility index (Phi) is 6.68. The number of hydrogen-bond acceptors (Lipinski definition) is 8. The Bertz CT molecular complexity index is 1140. The van der Waals surface area contributed by atoms with Gasteiger partial charge in [0.15, 0.2) is 11.0 Å². The molecule has 0 atom stereocenters. The SMILES string of the molecule is CC(C)Cn1c(SCC(=O)Nc2nnc(-c3ccccc3)s2)nnc1-c1cccnc1. The molecule has 0 spiro atoms. The van der Waals surface area contributed by atoms with E-state index in [-0.39, 0.29) is 11.7 Å². The van der Waals surface area contributed by atoms with Crippen LogP contribution in [0.1, 0.15) is 13.8 Å². The summed E-state index contributed by atoms with van der Waals surface area (Å²) in [5.74, 6) is 1.19. The van der Waals surface area contributed by atoms with Crippen LogP contribution in [0.25, 0.3) is 22.0 Å². The van der Waals surface area contributed by atoms with E-state index in [0.29, 0.717) is 16.2 Å². The third kappa shape index (κ3) is 5.33. The first-order chi connectivity index (χ1) is 15.1. The molecule has 8 nitrogen and oxygen atoms in total. The summed E-state index contributed by atoms with van der Waals surface area (Å²) in [5, 5.41) is 21.6. The van der Waals surface area contributed by atoms with E-state index in [2.05, 4.69) is 44.5 Å². The van der Waals surface area contributed by atoms with Crippen LogP contribution < -0.4 is 5.32 Å². The second-order valence-electron chi connectivity index (χ2n) is 7.17. The first-order valence-electron chi connectivity index (χ1n) is 9.75. The Hall–Kier alpha value is -3.11. The topological polar surface area (TPSA) is 98.5 Å². The van der Waals surface area contributed by atoms with Gasteiger partial charge in [-0.3, -0.25) is 15.1 Å². The van der Waals surface area contributed by atoms with Crippen LogP contribution in [0.4, 0.5) is 5.13 Å². The number of hydrogen-bond donors (Lipinski definition) is 1. The van der Waals surface area contributed by atoms with Gasteiger partial charge in [0.1, 0.15) is 5.01 Å². The summed E-state index contributed by atoms with van der Waals surface area (Å²) in [6, 6.07) is 13.6. The molecule has 158 valence electrons. The van der Waals surface area contributed by atoms with Crippen LogP contribution in [-0.2, 0) is 11.3 Å². The van der Waals surface area contributed by atoms with Gasteiger partial charge in [-0.05, 0) is 18.1 Å². The number of rotatable bonds is 8. The minimum absolute atomic E-state index is 0.164. The van der Waals surface area contributed by atoms with E-state index in [1.54, 1.807) is 12.4 Å². The highest BCUT2D eigenvalue weighted by molar-refractivity contribution is 7.99. The first-order valence-corrected chi connectivity index (χ1v) is 11.6. The van der Waals surface area contributed by atoms with E-state index in [4.69, 9.17) is 0 Å². The maximum atomic E-state index is 12.5. The fraction of sp³-hybridized carbons (Fsp3) is 0.238. The third-order valence-electron chi connectivity index (χ3n) is 4.21. The number of anilines is 1. The van der Waals surface area contributed by atoms with Crippen LogP contribution in [0.2, 0.25) is 0 Å². The maximum Gasteiger partial charge on any atom is 0.236 e. The number of nitrogens with one attached hydrogen (secondary N) is 1. The van der Waals surface area contributed by atoms with Crippen molar-refractivity contribution in [2.24, 2.45) is 5.92 Å². The van der Waals surface area contributed by atoms with Gasteiger partial charge in [0, 0.05) is 30.1 Å². The lowest BCUT2D eigenvalue weighted by Gasteiger charge is -2.12. The van der Waals surface area contributed by atoms with Gasteiger partial charge in [-0.15, -0.1) is 20.4 Å². The number of carbonyl (C=O) groups is 1. The van der Waals surface area contributed by atoms with Gasteiger partial charge >= 0.3 is 0 Å². The molecule has 31 heavy (non-hydrogen) atoms. The molecule has 4 rings (SSSR count). The van der Waals surface area contributed by atoms with Crippen LogP contribution in [0.5, 0.6) is 0 Å². The smallest absolute Gasteiger partial charge is 0.236 e. The van der Waals surface area contributed by atoms with Gasteiger partial charge < -0.3 is 4.57 Å². The zero-order valence-electron chi connectivity index (χ0n) is 17.1. The van der Waals surface area contributed by atoms with E-state index in [1.165, 1.54) is 23.1 Å². The van der Waals surface area contributed by atoms with Crippen molar-refractivity contribution in [2.75, 3.05) is 11.1 Å². The van der Waals surface area contributed by atoms with Gasteiger partial charge in [-0.25, -0.2) is 0 Å². The molecule has 3 aromatic heterocycles. The van der Waals surface area contributed by atoms with Crippen molar-refractivity contribution >= 4 is 34.1 Å². The molecular weight excluding hydrogens is 430 g/mol. The molecule has 0 unspecified atom stereocenters. The Morgan fingerprint density at radius 3 is 2.61 bits per heavy atom. The van der Waals surface area contributed by atoms with E-state index in [0.717, 1.165) is 28.5 Å². The maximum absolute atomic E-state index is 12.5. The molecule has 0 fully saturated rings. The van der Waals surface area contributed by atoms with Crippen LogP contribution in [0.15, 0.2) is 60.0 Å². The van der Waals surface area contributed by atoms with Gasteiger partial charge in [0.05, 0.1) is 5.75 Å². The van der Waals surface area contributed by atoms with Crippen LogP contribution >= 0.6 is 23.1 Å². The summed E-state index contributed by atoms with van der Waals surface area (Å²) in [6.45, 7) is 5.01. The number of carbonyl (C=O) groups excluding carboxylic acids is 1. The molecule has 10 heteroatoms. The second-order valence-corrected chi connectivity index (χ2v) is 9.09. The van der Waals surface area contributed by atoms with Crippen molar-refractivity contribution < 1.29 is 4.79 Å². The highest BCUT2D eigenvalue weighted by Crippen LogP contribution is 2.27. The molecule has 0 bridgehead atoms. The average molecular weight is 452 g/mol. The molecule has 4 aromatic rings. The fourth-order valence-electron chi connectivity index (χ4n) is 2.89. The fourth-order valence-corrected chi connectivity index (χ4v) is 4.40. The molecule has 0 radical (unpaired) electrons. The lowest BCUT2D eigenvalue weighted by Crippen LogP contribution is -2.15. The zero-order chi connectivity index (χ0) is 21.6. The first kappa shape index (κ1) is 21.1. The van der Waals surface area contributed by atoms with E-state index in [9.17, 15) is 4.79 Å². The van der Waals surface area contributed by atoms with Gasteiger partial charge in [-0.2, -0.15) is 0 Å². The Morgan fingerprint density at radius 1 is 1.06 bits per heavy atom. The predicted molar refractivity (Wildman–Crippen MR) is 123 cm³/mol. The molecule has 0 saturated carbocycles. The number of aromatic nitrogens is 6. The van der Waals surface area contributed by atoms with Crippen LogP contribution in [-0.4, -0.2) is 41.6 Å². The van der Waals surface area contributed by atoms with E-state index < -0.39 is 0 Å². The Labute approximate surface area is 188 Å². The second kappa shape index (κ2) is 9.80. The van der Waals surface area contributed by atoms with Crippen molar-refractivity contribution in [3.05, 3.63) is 54.9 Å². The highest BCUT2D eigenvalue weighted by Gasteiger charge is 2.17. The quantitative estimate of drug-likeness (QED) is 0.400. The molecule has 1 amide bonds. The summed E-state index contributed by atoms with van der Waals surface area (Å²) in [5.41, 5.74) is 1.87. The van der Waals surface area contributed by atoms with E-state index in [1.807, 2.05) is 47.0 Å². The molecule has 0 aliphatic heterocycles. The number of thioether (sulfide) groups is 1. The lowest BCUT2D eigenvalue weighted by atomic mass is 10.2. The standard InChI is InChI=1S/C21H21N7OS2/c1-14(2)12-28-18(16-9-6-10-22-11-16)24-27-21(28)30-13-17(29)23-20-26-25-19(31-20)15-7-4-3-5-8-15/h3-11,14H,12-13H2,1-2H3,(H,23,26,29). The molecule has 0 aliphatic carbocycles. The van der Waals surface area contributed by atoms with Crippen molar-refractivity contribution in [3.63, 3.8) is 0 Å². The number of nitrogens with zero attached hydrogens (tertiary/aromatic N) is 6. The number of amides is 1. The van der Waals surface area contributed by atoms with Gasteiger partial charge in [0.2, 0.25) is 11.0 Å². The van der Waals surface area contributed by atoms with Crippen molar-refractivity contribution in [1.29, 1.82) is 0 Å². The minimum Gasteiger partial charge on any atom is -0.302 e. The van der Waals surface area contributed by atoms with Crippen LogP contribution in [0, 0.1) is 5.92 Å². The summed E-state index contributed by atoms with van der Waals surface area (Å²) < 4.78 is 2.04. The minimum atomic E-state index is -0.164. The summed E-state index contributed by atoms with van der Waals surface area (Å²) in [4.78, 5) is 16.7. The van der Waals surface area contributed by atoms with Gasteiger partial charge in [0.25, 0.3) is 0 Å². The molecule has 0 aliphatic rings. The predicted octanol–water partition coefficient (Wildman–Crippen LogP) is 4.25. The van der Waals surface area contributed by atoms with Gasteiger partial charge in [-0.1, -0.05) is 67.3 Å². The van der Waals surface area contributed by atoms with Crippen molar-refractivity contribution in [1.82, 2.24) is 29.9 Å². The largest absolute Gasteiger partial charge is 0.302 e. The number of pyridine rings is 1. The molecule has 1 N–H and O–H groups in total.